The first kappa shape index (κ1) is 30.8. The molecule has 0 N–H and O–H groups in total. The van der Waals surface area contributed by atoms with Gasteiger partial charge in [0.15, 0.2) is 0 Å². The summed E-state index contributed by atoms with van der Waals surface area (Å²) in [7, 11) is 0. The Hall–Kier alpha value is -5.54. The molecule has 0 fully saturated rings. The van der Waals surface area contributed by atoms with Crippen LogP contribution in [0.15, 0.2) is 66.7 Å². The molecule has 4 amide bonds. The lowest BCUT2D eigenvalue weighted by molar-refractivity contribution is 0.0514. The number of rotatable bonds is 6. The van der Waals surface area contributed by atoms with Crippen molar-refractivity contribution in [2.45, 2.75) is 72.4 Å². The summed E-state index contributed by atoms with van der Waals surface area (Å²) in [5, 5.41) is 6.27. The van der Waals surface area contributed by atoms with Crippen LogP contribution in [-0.4, -0.2) is 45.5 Å². The van der Waals surface area contributed by atoms with Crippen LogP contribution >= 0.6 is 0 Å². The summed E-state index contributed by atoms with van der Waals surface area (Å²) in [4.78, 5) is 59.4. The number of hydrogen-bond donors (Lipinski definition) is 0. The summed E-state index contributed by atoms with van der Waals surface area (Å²) in [5.41, 5.74) is 4.62. The van der Waals surface area contributed by atoms with Gasteiger partial charge in [0, 0.05) is 67.0 Å². The van der Waals surface area contributed by atoms with Gasteiger partial charge in [-0.2, -0.15) is 0 Å². The van der Waals surface area contributed by atoms with E-state index in [1.54, 1.807) is 0 Å². The molecule has 6 heteroatoms. The zero-order valence-corrected chi connectivity index (χ0v) is 28.4. The van der Waals surface area contributed by atoms with Gasteiger partial charge in [-0.05, 0) is 90.6 Å². The van der Waals surface area contributed by atoms with E-state index >= 15 is 0 Å². The first-order valence-electron chi connectivity index (χ1n) is 17.3. The van der Waals surface area contributed by atoms with Gasteiger partial charge < -0.3 is 0 Å². The van der Waals surface area contributed by atoms with E-state index in [2.05, 4.69) is 11.8 Å². The summed E-state index contributed by atoms with van der Waals surface area (Å²) in [6.07, 6.45) is 2.68. The largest absolute Gasteiger partial charge is 0.271 e. The summed E-state index contributed by atoms with van der Waals surface area (Å²) < 4.78 is 0. The van der Waals surface area contributed by atoms with Gasteiger partial charge in [0.1, 0.15) is 0 Å². The standard InChI is InChI=1S/C43H36N2O4/c1-6-26(7-2)44-40(46)31-19-16-28-29-17-20-33-38-34(43(49)45(42(33)48)27(8-3)9-4)22-25(15-14-24-12-10-23(5)11-13-24)35(39(29)38)30-18-21-32(41(44)47)37(31)36(28)30/h10-13,16-22,26-27H,6-9H2,1-5H3. The molecule has 49 heavy (non-hydrogen) atoms. The maximum atomic E-state index is 14.3. The van der Waals surface area contributed by atoms with Crippen LogP contribution in [0.4, 0.5) is 0 Å². The molecule has 6 aromatic rings. The van der Waals surface area contributed by atoms with E-state index < -0.39 is 0 Å². The molecule has 0 bridgehead atoms. The van der Waals surface area contributed by atoms with Crippen LogP contribution in [0.3, 0.4) is 0 Å². The topological polar surface area (TPSA) is 74.8 Å². The van der Waals surface area contributed by atoms with E-state index in [9.17, 15) is 19.2 Å². The molecule has 0 spiro atoms. The number of amides is 4. The monoisotopic (exact) mass is 644 g/mol. The van der Waals surface area contributed by atoms with Crippen molar-refractivity contribution in [3.63, 3.8) is 0 Å². The molecule has 2 aliphatic rings. The Labute approximate surface area is 285 Å². The number of benzene rings is 6. The second kappa shape index (κ2) is 11.3. The molecule has 0 aliphatic carbocycles. The molecule has 2 aliphatic heterocycles. The van der Waals surface area contributed by atoms with Crippen LogP contribution < -0.4 is 0 Å². The predicted molar refractivity (Wildman–Crippen MR) is 195 cm³/mol. The zero-order valence-electron chi connectivity index (χ0n) is 28.4. The average molecular weight is 645 g/mol. The summed E-state index contributed by atoms with van der Waals surface area (Å²) in [6.45, 7) is 10.0. The fraction of sp³-hybridized carbons (Fsp3) is 0.256. The molecule has 6 aromatic carbocycles. The highest BCUT2D eigenvalue weighted by Crippen LogP contribution is 2.48. The van der Waals surface area contributed by atoms with Crippen LogP contribution in [0.2, 0.25) is 0 Å². The van der Waals surface area contributed by atoms with Crippen molar-refractivity contribution in [3.8, 4) is 11.8 Å². The van der Waals surface area contributed by atoms with Gasteiger partial charge in [-0.15, -0.1) is 0 Å². The van der Waals surface area contributed by atoms with E-state index in [0.717, 1.165) is 43.4 Å². The van der Waals surface area contributed by atoms with Gasteiger partial charge in [0.25, 0.3) is 23.6 Å². The number of hydrogen-bond acceptors (Lipinski definition) is 4. The van der Waals surface area contributed by atoms with Crippen molar-refractivity contribution in [1.82, 2.24) is 9.80 Å². The number of nitrogens with zero attached hydrogens (tertiary/aromatic N) is 2. The Kier molecular flexibility index (Phi) is 7.08. The van der Waals surface area contributed by atoms with Gasteiger partial charge in [-0.3, -0.25) is 29.0 Å². The maximum Gasteiger partial charge on any atom is 0.261 e. The minimum atomic E-state index is -0.304. The molecule has 0 saturated carbocycles. The van der Waals surface area contributed by atoms with Gasteiger partial charge in [0.2, 0.25) is 0 Å². The fourth-order valence-corrected chi connectivity index (χ4v) is 8.25. The predicted octanol–water partition coefficient (Wildman–Crippen LogP) is 9.01. The normalized spacial score (nSPS) is 14.4. The van der Waals surface area contributed by atoms with Crippen molar-refractivity contribution in [1.29, 1.82) is 0 Å². The molecule has 2 heterocycles. The quantitative estimate of drug-likeness (QED) is 0.0785. The van der Waals surface area contributed by atoms with Crippen molar-refractivity contribution in [2.24, 2.45) is 0 Å². The zero-order chi connectivity index (χ0) is 34.3. The first-order chi connectivity index (χ1) is 23.7. The molecule has 0 saturated heterocycles. The van der Waals surface area contributed by atoms with E-state index in [1.165, 1.54) is 9.80 Å². The number of imide groups is 2. The van der Waals surface area contributed by atoms with Crippen LogP contribution in [-0.2, 0) is 0 Å². The molecule has 6 nitrogen and oxygen atoms in total. The molecule has 0 unspecified atom stereocenters. The number of aryl methyl sites for hydroxylation is 1. The smallest absolute Gasteiger partial charge is 0.261 e. The fourth-order valence-electron chi connectivity index (χ4n) is 8.25. The van der Waals surface area contributed by atoms with Gasteiger partial charge in [-0.25, -0.2) is 0 Å². The number of carbonyl (C=O) groups is 4. The van der Waals surface area contributed by atoms with Crippen molar-refractivity contribution < 1.29 is 19.2 Å². The molecule has 8 rings (SSSR count). The van der Waals surface area contributed by atoms with Gasteiger partial charge in [0.05, 0.1) is 0 Å². The number of fused-ring (bicyclic) bond motifs is 2. The minimum absolute atomic E-state index is 0.189. The SMILES string of the molecule is CCC(CC)N1C(=O)c2ccc3c4ccc5c6c(cc(C#Cc7ccc(C)cc7)c(c7ccc(c2c37)C1=O)c64)C(=O)N(C(CC)CC)C5=O. The second-order valence-corrected chi connectivity index (χ2v) is 13.3. The Morgan fingerprint density at radius 3 is 1.45 bits per heavy atom. The van der Waals surface area contributed by atoms with Crippen molar-refractivity contribution in [2.75, 3.05) is 0 Å². The Morgan fingerprint density at radius 2 is 0.939 bits per heavy atom. The van der Waals surface area contributed by atoms with E-state index in [0.29, 0.717) is 64.3 Å². The highest BCUT2D eigenvalue weighted by molar-refractivity contribution is 6.42. The summed E-state index contributed by atoms with van der Waals surface area (Å²) >= 11 is 0. The molecule has 0 atom stereocenters. The summed E-state index contributed by atoms with van der Waals surface area (Å²) in [5.74, 6) is 5.60. The van der Waals surface area contributed by atoms with Crippen LogP contribution in [0.25, 0.3) is 43.1 Å². The third-order valence-corrected chi connectivity index (χ3v) is 10.8. The second-order valence-electron chi connectivity index (χ2n) is 13.3. The number of carbonyl (C=O) groups excluding carboxylic acids is 4. The van der Waals surface area contributed by atoms with Gasteiger partial charge in [-0.1, -0.05) is 75.4 Å². The lowest BCUT2D eigenvalue weighted by Crippen LogP contribution is -2.46. The first-order valence-corrected chi connectivity index (χ1v) is 17.3. The van der Waals surface area contributed by atoms with E-state index in [-0.39, 0.29) is 35.7 Å². The summed E-state index contributed by atoms with van der Waals surface area (Å²) in [6, 6.07) is 20.8. The lowest BCUT2D eigenvalue weighted by Gasteiger charge is -2.34. The molecule has 0 aromatic heterocycles. The highest BCUT2D eigenvalue weighted by Gasteiger charge is 2.40. The van der Waals surface area contributed by atoms with Crippen molar-refractivity contribution >= 4 is 66.7 Å². The molecule has 242 valence electrons. The third-order valence-electron chi connectivity index (χ3n) is 10.8. The Morgan fingerprint density at radius 1 is 0.490 bits per heavy atom. The average Bonchev–Trinajstić information content (AvgIpc) is 3.12. The molecular weight excluding hydrogens is 608 g/mol. The van der Waals surface area contributed by atoms with E-state index in [4.69, 9.17) is 0 Å². The third kappa shape index (κ3) is 4.21. The van der Waals surface area contributed by atoms with Crippen LogP contribution in [0, 0.1) is 18.8 Å². The minimum Gasteiger partial charge on any atom is -0.271 e. The van der Waals surface area contributed by atoms with Crippen molar-refractivity contribution in [3.05, 3.63) is 106 Å². The van der Waals surface area contributed by atoms with E-state index in [1.807, 2.05) is 101 Å². The van der Waals surface area contributed by atoms with Gasteiger partial charge >= 0.3 is 0 Å². The lowest BCUT2D eigenvalue weighted by atomic mass is 9.80. The van der Waals surface area contributed by atoms with Crippen LogP contribution in [0.5, 0.6) is 0 Å². The Bertz CT molecular complexity index is 2470. The Balaban J connectivity index is 1.51. The molecule has 0 radical (unpaired) electrons. The molecular formula is C43H36N2O4. The maximum absolute atomic E-state index is 14.3. The van der Waals surface area contributed by atoms with Crippen LogP contribution in [0.1, 0.15) is 112 Å². The highest BCUT2D eigenvalue weighted by atomic mass is 16.2.